The number of carbonyl (C=O) groups excluding carboxylic acids is 2. The zero-order valence-electron chi connectivity index (χ0n) is 15.3. The van der Waals surface area contributed by atoms with Crippen LogP contribution >= 0.6 is 35.6 Å². The first-order valence-electron chi connectivity index (χ1n) is 8.60. The molecule has 150 valence electrons. The molecule has 1 heterocycles. The molecule has 29 heavy (non-hydrogen) atoms. The summed E-state index contributed by atoms with van der Waals surface area (Å²) in [7, 11) is 0. The fourth-order valence-corrected chi connectivity index (χ4v) is 3.97. The SMILES string of the molecule is CCOc1ccc(C=C2SC(=S)N(CC(=O)Nc3ccc(F)c(Cl)c3)C2=O)cc1. The van der Waals surface area contributed by atoms with E-state index in [1.165, 1.54) is 17.0 Å². The number of halogens is 2. The molecule has 1 N–H and O–H groups in total. The number of thioether (sulfide) groups is 1. The quantitative estimate of drug-likeness (QED) is 0.510. The molecule has 0 aromatic heterocycles. The van der Waals surface area contributed by atoms with Gasteiger partial charge in [-0.25, -0.2) is 4.39 Å². The van der Waals surface area contributed by atoms with Gasteiger partial charge in [-0.2, -0.15) is 0 Å². The van der Waals surface area contributed by atoms with E-state index in [-0.39, 0.29) is 17.5 Å². The van der Waals surface area contributed by atoms with Gasteiger partial charge in [0.1, 0.15) is 22.4 Å². The van der Waals surface area contributed by atoms with E-state index in [2.05, 4.69) is 5.32 Å². The van der Waals surface area contributed by atoms with E-state index in [4.69, 9.17) is 28.6 Å². The number of hydrogen-bond acceptors (Lipinski definition) is 5. The van der Waals surface area contributed by atoms with Crippen molar-refractivity contribution in [3.63, 3.8) is 0 Å². The lowest BCUT2D eigenvalue weighted by molar-refractivity contribution is -0.126. The number of amides is 2. The third kappa shape index (κ3) is 5.35. The second kappa shape index (κ2) is 9.39. The lowest BCUT2D eigenvalue weighted by atomic mass is 10.2. The number of benzene rings is 2. The van der Waals surface area contributed by atoms with Gasteiger partial charge in [-0.1, -0.05) is 47.7 Å². The predicted molar refractivity (Wildman–Crippen MR) is 118 cm³/mol. The number of rotatable bonds is 6. The summed E-state index contributed by atoms with van der Waals surface area (Å²) in [5.74, 6) is -0.650. The van der Waals surface area contributed by atoms with Crippen LogP contribution < -0.4 is 10.1 Å². The van der Waals surface area contributed by atoms with Crippen LogP contribution in [0, 0.1) is 5.82 Å². The summed E-state index contributed by atoms with van der Waals surface area (Å²) >= 11 is 12.1. The maximum absolute atomic E-state index is 13.2. The van der Waals surface area contributed by atoms with Crippen molar-refractivity contribution in [3.05, 3.63) is 63.8 Å². The topological polar surface area (TPSA) is 58.6 Å². The van der Waals surface area contributed by atoms with Gasteiger partial charge in [-0.15, -0.1) is 0 Å². The van der Waals surface area contributed by atoms with Crippen molar-refractivity contribution in [2.24, 2.45) is 0 Å². The van der Waals surface area contributed by atoms with Gasteiger partial charge in [0.25, 0.3) is 5.91 Å². The smallest absolute Gasteiger partial charge is 0.266 e. The Morgan fingerprint density at radius 1 is 1.31 bits per heavy atom. The lowest BCUT2D eigenvalue weighted by Crippen LogP contribution is -2.36. The molecule has 1 saturated heterocycles. The molecule has 1 fully saturated rings. The Morgan fingerprint density at radius 2 is 2.03 bits per heavy atom. The van der Waals surface area contributed by atoms with Gasteiger partial charge < -0.3 is 10.1 Å². The number of hydrogen-bond donors (Lipinski definition) is 1. The van der Waals surface area contributed by atoms with Crippen LogP contribution in [0.1, 0.15) is 12.5 Å². The molecule has 0 unspecified atom stereocenters. The second-order valence-electron chi connectivity index (χ2n) is 5.95. The van der Waals surface area contributed by atoms with Crippen LogP contribution in [0.2, 0.25) is 5.02 Å². The monoisotopic (exact) mass is 450 g/mol. The number of anilines is 1. The third-order valence-electron chi connectivity index (χ3n) is 3.87. The van der Waals surface area contributed by atoms with Crippen LogP contribution in [0.4, 0.5) is 10.1 Å². The maximum Gasteiger partial charge on any atom is 0.266 e. The standard InChI is InChI=1S/C20H16ClFN2O3S2/c1-2-27-14-6-3-12(4-7-14)9-17-19(26)24(20(28)29-17)11-18(25)23-13-5-8-16(22)15(21)10-13/h3-10H,2,11H2,1H3,(H,23,25). The molecule has 2 amide bonds. The largest absolute Gasteiger partial charge is 0.494 e. The van der Waals surface area contributed by atoms with Crippen LogP contribution in [0.25, 0.3) is 6.08 Å². The van der Waals surface area contributed by atoms with E-state index < -0.39 is 11.7 Å². The van der Waals surface area contributed by atoms with Gasteiger partial charge in [-0.05, 0) is 48.9 Å². The summed E-state index contributed by atoms with van der Waals surface area (Å²) in [6, 6.07) is 11.1. The van der Waals surface area contributed by atoms with Gasteiger partial charge in [0, 0.05) is 5.69 Å². The van der Waals surface area contributed by atoms with Crippen LogP contribution in [-0.4, -0.2) is 34.2 Å². The van der Waals surface area contributed by atoms with Gasteiger partial charge in [0.15, 0.2) is 0 Å². The highest BCUT2D eigenvalue weighted by atomic mass is 35.5. The summed E-state index contributed by atoms with van der Waals surface area (Å²) in [6.45, 7) is 2.23. The lowest BCUT2D eigenvalue weighted by Gasteiger charge is -2.14. The van der Waals surface area contributed by atoms with Crippen molar-refractivity contribution in [2.45, 2.75) is 6.92 Å². The second-order valence-corrected chi connectivity index (χ2v) is 8.03. The van der Waals surface area contributed by atoms with Gasteiger partial charge in [-0.3, -0.25) is 14.5 Å². The molecule has 0 radical (unpaired) electrons. The van der Waals surface area contributed by atoms with E-state index in [1.807, 2.05) is 31.2 Å². The highest BCUT2D eigenvalue weighted by molar-refractivity contribution is 8.26. The molecule has 5 nitrogen and oxygen atoms in total. The van der Waals surface area contributed by atoms with E-state index in [0.29, 0.717) is 21.5 Å². The van der Waals surface area contributed by atoms with Crippen molar-refractivity contribution in [2.75, 3.05) is 18.5 Å². The number of ether oxygens (including phenoxy) is 1. The average molecular weight is 451 g/mol. The fourth-order valence-electron chi connectivity index (χ4n) is 2.53. The van der Waals surface area contributed by atoms with Crippen molar-refractivity contribution < 1.29 is 18.7 Å². The Kier molecular flexibility index (Phi) is 6.89. The molecule has 0 aliphatic carbocycles. The van der Waals surface area contributed by atoms with Gasteiger partial charge in [0.2, 0.25) is 5.91 Å². The first kappa shape index (κ1) is 21.3. The van der Waals surface area contributed by atoms with Crippen molar-refractivity contribution in [3.8, 4) is 5.75 Å². The summed E-state index contributed by atoms with van der Waals surface area (Å²) in [4.78, 5) is 26.6. The minimum absolute atomic E-state index is 0.105. The normalized spacial score (nSPS) is 15.1. The Balaban J connectivity index is 1.66. The summed E-state index contributed by atoms with van der Waals surface area (Å²) in [5, 5.41) is 2.47. The zero-order chi connectivity index (χ0) is 21.0. The third-order valence-corrected chi connectivity index (χ3v) is 5.53. The van der Waals surface area contributed by atoms with Crippen molar-refractivity contribution >= 4 is 63.5 Å². The van der Waals surface area contributed by atoms with Crippen molar-refractivity contribution in [1.29, 1.82) is 0 Å². The van der Waals surface area contributed by atoms with Crippen LogP contribution in [-0.2, 0) is 9.59 Å². The molecular weight excluding hydrogens is 435 g/mol. The minimum Gasteiger partial charge on any atom is -0.494 e. The Morgan fingerprint density at radius 3 is 2.69 bits per heavy atom. The summed E-state index contributed by atoms with van der Waals surface area (Å²) in [6.07, 6.45) is 1.71. The molecule has 1 aliphatic rings. The van der Waals surface area contributed by atoms with Crippen LogP contribution in [0.15, 0.2) is 47.4 Å². The molecule has 1 aliphatic heterocycles. The number of thiocarbonyl (C=S) groups is 1. The Bertz CT molecular complexity index is 996. The number of carbonyl (C=O) groups is 2. The summed E-state index contributed by atoms with van der Waals surface area (Å²) < 4.78 is 18.9. The number of nitrogens with one attached hydrogen (secondary N) is 1. The molecular formula is C20H16ClFN2O3S2. The number of nitrogens with zero attached hydrogens (tertiary/aromatic N) is 1. The average Bonchev–Trinajstić information content (AvgIpc) is 2.94. The highest BCUT2D eigenvalue weighted by Gasteiger charge is 2.33. The first-order chi connectivity index (χ1) is 13.9. The van der Waals surface area contributed by atoms with Crippen molar-refractivity contribution in [1.82, 2.24) is 4.90 Å². The molecule has 0 bridgehead atoms. The molecule has 2 aromatic rings. The Labute approximate surface area is 181 Å². The van der Waals surface area contributed by atoms with Crippen LogP contribution in [0.5, 0.6) is 5.75 Å². The van der Waals surface area contributed by atoms with E-state index in [0.717, 1.165) is 29.1 Å². The van der Waals surface area contributed by atoms with Crippen LogP contribution in [0.3, 0.4) is 0 Å². The fraction of sp³-hybridized carbons (Fsp3) is 0.150. The van der Waals surface area contributed by atoms with E-state index in [1.54, 1.807) is 6.08 Å². The van der Waals surface area contributed by atoms with E-state index >= 15 is 0 Å². The molecule has 0 spiro atoms. The minimum atomic E-state index is -0.582. The molecule has 3 rings (SSSR count). The highest BCUT2D eigenvalue weighted by Crippen LogP contribution is 2.32. The molecule has 0 atom stereocenters. The predicted octanol–water partition coefficient (Wildman–Crippen LogP) is 4.72. The zero-order valence-corrected chi connectivity index (χ0v) is 17.7. The Hall–Kier alpha value is -2.42. The van der Waals surface area contributed by atoms with Gasteiger partial charge >= 0.3 is 0 Å². The molecule has 9 heteroatoms. The van der Waals surface area contributed by atoms with Gasteiger partial charge in [0.05, 0.1) is 16.5 Å². The maximum atomic E-state index is 13.2. The molecule has 2 aromatic carbocycles. The first-order valence-corrected chi connectivity index (χ1v) is 10.2. The van der Waals surface area contributed by atoms with E-state index in [9.17, 15) is 14.0 Å². The molecule has 0 saturated carbocycles. The summed E-state index contributed by atoms with van der Waals surface area (Å²) in [5.41, 5.74) is 1.15.